The summed E-state index contributed by atoms with van der Waals surface area (Å²) in [4.78, 5) is 25.6. The van der Waals surface area contributed by atoms with Crippen molar-refractivity contribution in [1.29, 1.82) is 0 Å². The van der Waals surface area contributed by atoms with Crippen molar-refractivity contribution in [2.24, 2.45) is 0 Å². The molecule has 0 bridgehead atoms. The zero-order valence-electron chi connectivity index (χ0n) is 11.3. The number of hydrogen-bond acceptors (Lipinski definition) is 4. The first kappa shape index (κ1) is 14.3. The summed E-state index contributed by atoms with van der Waals surface area (Å²) in [5.41, 5.74) is 0. The molecule has 0 aliphatic rings. The fourth-order valence-corrected chi connectivity index (χ4v) is 2.64. The molecule has 106 valence electrons. The highest BCUT2D eigenvalue weighted by Crippen LogP contribution is 2.30. The van der Waals surface area contributed by atoms with Gasteiger partial charge in [0.15, 0.2) is 5.76 Å². The molecule has 0 fully saturated rings. The smallest absolute Gasteiger partial charge is 0.345 e. The average molecular weight is 293 g/mol. The number of carbonyl (C=O) groups excluding carboxylic acids is 1. The molecule has 0 saturated carbocycles. The molecule has 0 aliphatic carbocycles. The third-order valence-electron chi connectivity index (χ3n) is 2.93. The van der Waals surface area contributed by atoms with Crippen molar-refractivity contribution in [2.45, 2.75) is 13.8 Å². The van der Waals surface area contributed by atoms with E-state index in [0.717, 1.165) is 11.3 Å². The fourth-order valence-electron chi connectivity index (χ4n) is 1.84. The molecule has 2 heterocycles. The number of aromatic carboxylic acids is 1. The Morgan fingerprint density at radius 3 is 2.45 bits per heavy atom. The maximum absolute atomic E-state index is 12.1. The lowest BCUT2D eigenvalue weighted by molar-refractivity contribution is 0.0700. The Bertz CT molecular complexity index is 625. The molecule has 0 atom stereocenters. The van der Waals surface area contributed by atoms with Crippen molar-refractivity contribution >= 4 is 23.2 Å². The molecule has 5 nitrogen and oxygen atoms in total. The van der Waals surface area contributed by atoms with Crippen LogP contribution in [0.2, 0.25) is 0 Å². The van der Waals surface area contributed by atoms with Gasteiger partial charge in [-0.3, -0.25) is 4.79 Å². The van der Waals surface area contributed by atoms with Crippen molar-refractivity contribution in [3.8, 4) is 10.6 Å². The molecule has 0 aromatic carbocycles. The predicted molar refractivity (Wildman–Crippen MR) is 76.2 cm³/mol. The zero-order valence-corrected chi connectivity index (χ0v) is 12.1. The van der Waals surface area contributed by atoms with Crippen molar-refractivity contribution in [3.63, 3.8) is 0 Å². The van der Waals surface area contributed by atoms with Gasteiger partial charge in [0.2, 0.25) is 0 Å². The second-order valence-corrected chi connectivity index (χ2v) is 5.19. The van der Waals surface area contributed by atoms with Gasteiger partial charge in [0.05, 0.1) is 4.88 Å². The number of carboxylic acid groups (broad SMARTS) is 1. The molecule has 0 unspecified atom stereocenters. The van der Waals surface area contributed by atoms with Gasteiger partial charge in [-0.1, -0.05) is 0 Å². The van der Waals surface area contributed by atoms with Crippen LogP contribution in [0.25, 0.3) is 10.6 Å². The van der Waals surface area contributed by atoms with Crippen LogP contribution in [-0.2, 0) is 0 Å². The second-order valence-electron chi connectivity index (χ2n) is 4.11. The van der Waals surface area contributed by atoms with E-state index in [9.17, 15) is 9.59 Å². The third kappa shape index (κ3) is 2.75. The number of furan rings is 1. The molecule has 1 N–H and O–H groups in total. The second kappa shape index (κ2) is 5.92. The normalized spacial score (nSPS) is 10.5. The lowest BCUT2D eigenvalue weighted by Gasteiger charge is -2.16. The minimum Gasteiger partial charge on any atom is -0.477 e. The van der Waals surface area contributed by atoms with Crippen LogP contribution >= 0.6 is 11.3 Å². The number of nitrogens with zero attached hydrogens (tertiary/aromatic N) is 1. The number of carbonyl (C=O) groups is 2. The molecule has 0 saturated heterocycles. The summed E-state index contributed by atoms with van der Waals surface area (Å²) >= 11 is 1.12. The zero-order chi connectivity index (χ0) is 14.7. The van der Waals surface area contributed by atoms with Crippen LogP contribution in [0.1, 0.15) is 34.1 Å². The molecule has 2 aromatic rings. The standard InChI is InChI=1S/C14H15NO4S/c1-3-15(4-2)13(16)10-6-5-9(19-10)11-7-8-12(20-11)14(17)18/h5-8H,3-4H2,1-2H3,(H,17,18). The van der Waals surface area contributed by atoms with Crippen LogP contribution < -0.4 is 0 Å². The largest absolute Gasteiger partial charge is 0.477 e. The van der Waals surface area contributed by atoms with Gasteiger partial charge in [0, 0.05) is 13.1 Å². The molecule has 0 aliphatic heterocycles. The Morgan fingerprint density at radius 2 is 1.90 bits per heavy atom. The van der Waals surface area contributed by atoms with E-state index in [0.29, 0.717) is 23.7 Å². The van der Waals surface area contributed by atoms with Crippen molar-refractivity contribution in [2.75, 3.05) is 13.1 Å². The van der Waals surface area contributed by atoms with Gasteiger partial charge >= 0.3 is 5.97 Å². The Balaban J connectivity index is 2.24. The van der Waals surface area contributed by atoms with Crippen LogP contribution in [0.15, 0.2) is 28.7 Å². The summed E-state index contributed by atoms with van der Waals surface area (Å²) in [5, 5.41) is 8.89. The van der Waals surface area contributed by atoms with Crippen molar-refractivity contribution < 1.29 is 19.1 Å². The van der Waals surface area contributed by atoms with Crippen LogP contribution in [-0.4, -0.2) is 35.0 Å². The Morgan fingerprint density at radius 1 is 1.20 bits per heavy atom. The molecule has 1 amide bonds. The number of carboxylic acids is 1. The number of rotatable bonds is 5. The number of thiophene rings is 1. The lowest BCUT2D eigenvalue weighted by Crippen LogP contribution is -2.30. The number of amides is 1. The number of hydrogen-bond donors (Lipinski definition) is 1. The molecule has 2 rings (SSSR count). The maximum Gasteiger partial charge on any atom is 0.345 e. The van der Waals surface area contributed by atoms with Gasteiger partial charge in [-0.15, -0.1) is 11.3 Å². The summed E-state index contributed by atoms with van der Waals surface area (Å²) in [6.07, 6.45) is 0. The highest BCUT2D eigenvalue weighted by molar-refractivity contribution is 7.17. The van der Waals surface area contributed by atoms with Crippen molar-refractivity contribution in [1.82, 2.24) is 4.90 Å². The first-order valence-electron chi connectivity index (χ1n) is 6.29. The van der Waals surface area contributed by atoms with Crippen LogP contribution in [0.4, 0.5) is 0 Å². The predicted octanol–water partition coefficient (Wildman–Crippen LogP) is 3.19. The quantitative estimate of drug-likeness (QED) is 0.919. The van der Waals surface area contributed by atoms with E-state index < -0.39 is 5.97 Å². The van der Waals surface area contributed by atoms with E-state index >= 15 is 0 Å². The first-order valence-corrected chi connectivity index (χ1v) is 7.11. The highest BCUT2D eigenvalue weighted by atomic mass is 32.1. The Labute approximate surface area is 120 Å². The van der Waals surface area contributed by atoms with E-state index in [4.69, 9.17) is 9.52 Å². The SMILES string of the molecule is CCN(CC)C(=O)c1ccc(-c2ccc(C(=O)O)s2)o1. The maximum atomic E-state index is 12.1. The van der Waals surface area contributed by atoms with Gasteiger partial charge in [0.25, 0.3) is 5.91 Å². The summed E-state index contributed by atoms with van der Waals surface area (Å²) in [5.74, 6) is -0.338. The van der Waals surface area contributed by atoms with Gasteiger partial charge in [-0.05, 0) is 38.1 Å². The topological polar surface area (TPSA) is 70.8 Å². The van der Waals surface area contributed by atoms with E-state index in [1.165, 1.54) is 6.07 Å². The Kier molecular flexibility index (Phi) is 4.24. The summed E-state index contributed by atoms with van der Waals surface area (Å²) in [6, 6.07) is 6.51. The summed E-state index contributed by atoms with van der Waals surface area (Å²) in [7, 11) is 0. The minimum absolute atomic E-state index is 0.156. The summed E-state index contributed by atoms with van der Waals surface area (Å²) < 4.78 is 5.54. The molecule has 2 aromatic heterocycles. The van der Waals surface area contributed by atoms with Gasteiger partial charge in [-0.2, -0.15) is 0 Å². The van der Waals surface area contributed by atoms with Crippen LogP contribution in [0, 0.1) is 0 Å². The molecule has 20 heavy (non-hydrogen) atoms. The van der Waals surface area contributed by atoms with Gasteiger partial charge in [-0.25, -0.2) is 4.79 Å². The molecular formula is C14H15NO4S. The highest BCUT2D eigenvalue weighted by Gasteiger charge is 2.18. The van der Waals surface area contributed by atoms with E-state index in [1.54, 1.807) is 23.1 Å². The first-order chi connectivity index (χ1) is 9.56. The van der Waals surface area contributed by atoms with E-state index in [2.05, 4.69) is 0 Å². The Hall–Kier alpha value is -2.08. The molecule has 0 radical (unpaired) electrons. The van der Waals surface area contributed by atoms with Gasteiger partial charge < -0.3 is 14.4 Å². The lowest BCUT2D eigenvalue weighted by atomic mass is 10.3. The third-order valence-corrected chi connectivity index (χ3v) is 4.01. The van der Waals surface area contributed by atoms with Crippen LogP contribution in [0.5, 0.6) is 0 Å². The van der Waals surface area contributed by atoms with Crippen molar-refractivity contribution in [3.05, 3.63) is 34.9 Å². The molecule has 6 heteroatoms. The molecule has 0 spiro atoms. The summed E-state index contributed by atoms with van der Waals surface area (Å²) in [6.45, 7) is 5.05. The van der Waals surface area contributed by atoms with Crippen LogP contribution in [0.3, 0.4) is 0 Å². The molecular weight excluding hydrogens is 278 g/mol. The van der Waals surface area contributed by atoms with E-state index in [1.807, 2.05) is 13.8 Å². The van der Waals surface area contributed by atoms with Gasteiger partial charge in [0.1, 0.15) is 10.6 Å². The monoisotopic (exact) mass is 293 g/mol. The minimum atomic E-state index is -0.966. The fraction of sp³-hybridized carbons (Fsp3) is 0.286. The van der Waals surface area contributed by atoms with E-state index in [-0.39, 0.29) is 16.5 Å². The average Bonchev–Trinajstić information content (AvgIpc) is 3.09.